The third-order valence-electron chi connectivity index (χ3n) is 3.77. The summed E-state index contributed by atoms with van der Waals surface area (Å²) in [7, 11) is -4.00. The van der Waals surface area contributed by atoms with Crippen molar-refractivity contribution < 1.29 is 21.6 Å². The van der Waals surface area contributed by atoms with E-state index in [1.807, 2.05) is 0 Å². The minimum atomic E-state index is -4.51. The van der Waals surface area contributed by atoms with Gasteiger partial charge in [0.25, 0.3) is 10.0 Å². The smallest absolute Gasteiger partial charge is 0.360 e. The highest BCUT2D eigenvalue weighted by Crippen LogP contribution is 2.33. The Hall–Kier alpha value is -2.66. The van der Waals surface area contributed by atoms with Crippen molar-refractivity contribution >= 4 is 49.4 Å². The lowest BCUT2D eigenvalue weighted by atomic mass is 10.1. The highest BCUT2D eigenvalue weighted by molar-refractivity contribution is 7.93. The van der Waals surface area contributed by atoms with Gasteiger partial charge in [-0.2, -0.15) is 21.9 Å². The lowest BCUT2D eigenvalue weighted by molar-refractivity contribution is -0.137. The van der Waals surface area contributed by atoms with Gasteiger partial charge in [0.2, 0.25) is 0 Å². The van der Waals surface area contributed by atoms with Crippen molar-refractivity contribution in [1.29, 1.82) is 0 Å². The predicted molar refractivity (Wildman–Crippen MR) is 91.5 cm³/mol. The van der Waals surface area contributed by atoms with Crippen molar-refractivity contribution in [2.45, 2.75) is 11.1 Å². The Kier molecular flexibility index (Phi) is 3.66. The molecule has 0 saturated heterocycles. The van der Waals surface area contributed by atoms with E-state index in [1.165, 1.54) is 12.1 Å². The summed E-state index contributed by atoms with van der Waals surface area (Å²) in [6.07, 6.45) is -3.34. The number of hydrogen-bond donors (Lipinski definition) is 2. The molecule has 2 N–H and O–H groups in total. The van der Waals surface area contributed by atoms with Gasteiger partial charge in [-0.25, -0.2) is 8.42 Å². The molecule has 0 amide bonds. The highest BCUT2D eigenvalue weighted by Gasteiger charge is 2.31. The van der Waals surface area contributed by atoms with E-state index in [0.717, 1.165) is 36.1 Å². The van der Waals surface area contributed by atoms with Gasteiger partial charge in [0.1, 0.15) is 15.9 Å². The molecule has 0 atom stereocenters. The molecule has 4 rings (SSSR count). The summed E-state index contributed by atoms with van der Waals surface area (Å²) in [4.78, 5) is 2.44. The van der Waals surface area contributed by atoms with Crippen LogP contribution in [0.1, 0.15) is 5.56 Å². The zero-order chi connectivity index (χ0) is 18.5. The number of aromatic nitrogens is 3. The standard InChI is InChI=1S/C15H9F3N4O2S2/c16-15(17,18)8-1-3-10-12(5-8)19-7-14(10)26(23,24)22-9-2-4-11-13(6-9)21-25-20-11/h1-7,19,22H. The number of hydrogen-bond acceptors (Lipinski definition) is 5. The molecule has 0 radical (unpaired) electrons. The number of fused-ring (bicyclic) bond motifs is 2. The lowest BCUT2D eigenvalue weighted by Gasteiger charge is -2.08. The second-order valence-electron chi connectivity index (χ2n) is 5.48. The molecule has 2 aromatic heterocycles. The molecular formula is C15H9F3N4O2S2. The lowest BCUT2D eigenvalue weighted by Crippen LogP contribution is -2.12. The highest BCUT2D eigenvalue weighted by atomic mass is 32.2. The second-order valence-corrected chi connectivity index (χ2v) is 7.66. The summed E-state index contributed by atoms with van der Waals surface area (Å²) >= 11 is 1.01. The zero-order valence-corrected chi connectivity index (χ0v) is 14.3. The molecule has 2 heterocycles. The Bertz CT molecular complexity index is 1230. The Morgan fingerprint density at radius 3 is 2.58 bits per heavy atom. The SMILES string of the molecule is O=S(=O)(Nc1ccc2nsnc2c1)c1c[nH]c2cc(C(F)(F)F)ccc12. The average molecular weight is 398 g/mol. The third-order valence-corrected chi connectivity index (χ3v) is 5.74. The van der Waals surface area contributed by atoms with Crippen LogP contribution in [0.25, 0.3) is 21.9 Å². The van der Waals surface area contributed by atoms with Gasteiger partial charge in [-0.3, -0.25) is 4.72 Å². The molecule has 2 aromatic carbocycles. The molecule has 0 bridgehead atoms. The Morgan fingerprint density at radius 1 is 1.04 bits per heavy atom. The summed E-state index contributed by atoms with van der Waals surface area (Å²) < 4.78 is 74.1. The molecule has 0 unspecified atom stereocenters. The van der Waals surface area contributed by atoms with Gasteiger partial charge in [-0.05, 0) is 30.3 Å². The van der Waals surface area contributed by atoms with Crippen LogP contribution < -0.4 is 4.72 Å². The third kappa shape index (κ3) is 2.88. The molecule has 26 heavy (non-hydrogen) atoms. The minimum absolute atomic E-state index is 0.0827. The van der Waals surface area contributed by atoms with Crippen LogP contribution in [0.2, 0.25) is 0 Å². The van der Waals surface area contributed by atoms with E-state index in [2.05, 4.69) is 18.5 Å². The van der Waals surface area contributed by atoms with Crippen LogP contribution in [-0.2, 0) is 16.2 Å². The Balaban J connectivity index is 1.73. The van der Waals surface area contributed by atoms with Crippen LogP contribution in [0.4, 0.5) is 18.9 Å². The van der Waals surface area contributed by atoms with Crippen molar-refractivity contribution in [3.63, 3.8) is 0 Å². The first-order chi connectivity index (χ1) is 12.2. The topological polar surface area (TPSA) is 87.7 Å². The van der Waals surface area contributed by atoms with E-state index in [4.69, 9.17) is 0 Å². The van der Waals surface area contributed by atoms with Crippen LogP contribution in [0.15, 0.2) is 47.5 Å². The maximum atomic E-state index is 12.8. The van der Waals surface area contributed by atoms with Crippen LogP contribution in [0.5, 0.6) is 0 Å². The van der Waals surface area contributed by atoms with Gasteiger partial charge in [0, 0.05) is 17.1 Å². The van der Waals surface area contributed by atoms with Crippen LogP contribution in [0, 0.1) is 0 Å². The summed E-state index contributed by atoms with van der Waals surface area (Å²) in [5, 5.41) is 0.168. The number of sulfonamides is 1. The number of nitrogens with one attached hydrogen (secondary N) is 2. The number of aromatic amines is 1. The number of H-pyrrole nitrogens is 1. The minimum Gasteiger partial charge on any atom is -0.360 e. The normalized spacial score (nSPS) is 12.7. The summed E-state index contributed by atoms with van der Waals surface area (Å²) in [6, 6.07) is 7.56. The number of rotatable bonds is 3. The Morgan fingerprint density at radius 2 is 1.81 bits per heavy atom. The molecule has 0 aliphatic heterocycles. The quantitative estimate of drug-likeness (QED) is 0.546. The predicted octanol–water partition coefficient (Wildman–Crippen LogP) is 3.99. The molecule has 11 heteroatoms. The first kappa shape index (κ1) is 16.8. The number of anilines is 1. The second kappa shape index (κ2) is 5.68. The molecule has 0 aliphatic rings. The van der Waals surface area contributed by atoms with Crippen LogP contribution >= 0.6 is 11.7 Å². The maximum Gasteiger partial charge on any atom is 0.416 e. The molecular weight excluding hydrogens is 389 g/mol. The van der Waals surface area contributed by atoms with E-state index in [0.29, 0.717) is 11.0 Å². The maximum absolute atomic E-state index is 12.8. The molecule has 0 aliphatic carbocycles. The first-order valence-electron chi connectivity index (χ1n) is 7.17. The first-order valence-corrected chi connectivity index (χ1v) is 9.39. The van der Waals surface area contributed by atoms with Gasteiger partial charge >= 0.3 is 6.18 Å². The van der Waals surface area contributed by atoms with Gasteiger partial charge in [0.05, 0.1) is 23.0 Å². The molecule has 0 saturated carbocycles. The Labute approximate surface area is 149 Å². The van der Waals surface area contributed by atoms with E-state index in [9.17, 15) is 21.6 Å². The van der Waals surface area contributed by atoms with Crippen molar-refractivity contribution in [3.05, 3.63) is 48.2 Å². The van der Waals surface area contributed by atoms with Crippen molar-refractivity contribution in [3.8, 4) is 0 Å². The fraction of sp³-hybridized carbons (Fsp3) is 0.0667. The molecule has 134 valence electrons. The van der Waals surface area contributed by atoms with Crippen molar-refractivity contribution in [2.75, 3.05) is 4.72 Å². The summed E-state index contributed by atoms with van der Waals surface area (Å²) in [5.74, 6) is 0. The zero-order valence-electron chi connectivity index (χ0n) is 12.7. The van der Waals surface area contributed by atoms with E-state index >= 15 is 0 Å². The number of halogens is 3. The van der Waals surface area contributed by atoms with Crippen LogP contribution in [-0.4, -0.2) is 22.1 Å². The van der Waals surface area contributed by atoms with E-state index < -0.39 is 21.8 Å². The number of benzene rings is 2. The van der Waals surface area contributed by atoms with Gasteiger partial charge < -0.3 is 4.98 Å². The molecule has 4 aromatic rings. The largest absolute Gasteiger partial charge is 0.416 e. The number of alkyl halides is 3. The molecule has 0 spiro atoms. The van der Waals surface area contributed by atoms with Crippen molar-refractivity contribution in [1.82, 2.24) is 13.7 Å². The monoisotopic (exact) mass is 398 g/mol. The van der Waals surface area contributed by atoms with Gasteiger partial charge in [0.15, 0.2) is 0 Å². The summed E-state index contributed by atoms with van der Waals surface area (Å²) in [5.41, 5.74) is 0.699. The van der Waals surface area contributed by atoms with E-state index in [-0.39, 0.29) is 21.5 Å². The fourth-order valence-electron chi connectivity index (χ4n) is 2.55. The number of nitrogens with zero attached hydrogens (tertiary/aromatic N) is 2. The van der Waals surface area contributed by atoms with Gasteiger partial charge in [-0.15, -0.1) is 0 Å². The summed E-state index contributed by atoms with van der Waals surface area (Å²) in [6.45, 7) is 0. The average Bonchev–Trinajstić information content (AvgIpc) is 3.19. The van der Waals surface area contributed by atoms with Gasteiger partial charge in [-0.1, -0.05) is 6.07 Å². The van der Waals surface area contributed by atoms with Crippen molar-refractivity contribution in [2.24, 2.45) is 0 Å². The van der Waals surface area contributed by atoms with Crippen LogP contribution in [0.3, 0.4) is 0 Å². The molecule has 0 fully saturated rings. The molecule has 6 nitrogen and oxygen atoms in total. The fourth-order valence-corrected chi connectivity index (χ4v) is 4.30. The van der Waals surface area contributed by atoms with E-state index in [1.54, 1.807) is 6.07 Å².